The average Bonchev–Trinajstić information content (AvgIpc) is 2.65. The molecule has 0 radical (unpaired) electrons. The minimum absolute atomic E-state index is 0.00835. The molecular formula is C20H16N2O5S. The van der Waals surface area contributed by atoms with Crippen LogP contribution in [0.2, 0.25) is 0 Å². The molecule has 0 unspecified atom stereocenters. The Morgan fingerprint density at radius 2 is 1.82 bits per heavy atom. The molecule has 1 saturated heterocycles. The van der Waals surface area contributed by atoms with E-state index >= 15 is 0 Å². The summed E-state index contributed by atoms with van der Waals surface area (Å²) in [5, 5.41) is 2.51. The zero-order chi connectivity index (χ0) is 20.3. The van der Waals surface area contributed by atoms with Gasteiger partial charge in [-0.3, -0.25) is 24.6 Å². The molecule has 28 heavy (non-hydrogen) atoms. The smallest absolute Gasteiger partial charge is 0.308 e. The highest BCUT2D eigenvalue weighted by Gasteiger charge is 2.34. The van der Waals surface area contributed by atoms with Gasteiger partial charge in [0.2, 0.25) is 0 Å². The van der Waals surface area contributed by atoms with Crippen molar-refractivity contribution in [1.29, 1.82) is 0 Å². The summed E-state index contributed by atoms with van der Waals surface area (Å²) in [7, 11) is 1.54. The average molecular weight is 396 g/mol. The molecule has 142 valence electrons. The number of amides is 2. The first kappa shape index (κ1) is 19.2. The van der Waals surface area contributed by atoms with E-state index in [1.807, 2.05) is 0 Å². The standard InChI is InChI=1S/C20H16N2O5S/c1-12(23)27-16-5-3-4-13(10-16)11-17-18(24)21-20(28)22(19(17)25)14-6-8-15(26-2)9-7-14/h3-11H,1-2H3,(H,21,24,28)/b17-11-. The molecule has 8 heteroatoms. The van der Waals surface area contributed by atoms with E-state index in [-0.39, 0.29) is 10.7 Å². The van der Waals surface area contributed by atoms with Gasteiger partial charge in [-0.15, -0.1) is 0 Å². The number of methoxy groups -OCH3 is 1. The number of benzene rings is 2. The lowest BCUT2D eigenvalue weighted by atomic mass is 10.1. The van der Waals surface area contributed by atoms with Crippen LogP contribution in [0.5, 0.6) is 11.5 Å². The highest BCUT2D eigenvalue weighted by Crippen LogP contribution is 2.25. The number of carbonyl (C=O) groups is 3. The first-order valence-electron chi connectivity index (χ1n) is 8.23. The van der Waals surface area contributed by atoms with Crippen molar-refractivity contribution in [2.24, 2.45) is 0 Å². The van der Waals surface area contributed by atoms with Crippen LogP contribution in [0, 0.1) is 0 Å². The van der Waals surface area contributed by atoms with Crippen LogP contribution in [0.3, 0.4) is 0 Å². The fourth-order valence-electron chi connectivity index (χ4n) is 2.62. The molecule has 2 aromatic rings. The highest BCUT2D eigenvalue weighted by molar-refractivity contribution is 7.80. The number of thiocarbonyl (C=S) groups is 1. The minimum Gasteiger partial charge on any atom is -0.497 e. The van der Waals surface area contributed by atoms with E-state index in [2.05, 4.69) is 5.32 Å². The third-order valence-corrected chi connectivity index (χ3v) is 4.15. The summed E-state index contributed by atoms with van der Waals surface area (Å²) in [4.78, 5) is 37.6. The van der Waals surface area contributed by atoms with Crippen molar-refractivity contribution in [3.8, 4) is 11.5 Å². The first-order valence-corrected chi connectivity index (χ1v) is 8.64. The Kier molecular flexibility index (Phi) is 5.51. The summed E-state index contributed by atoms with van der Waals surface area (Å²) in [5.74, 6) is -0.684. The fourth-order valence-corrected chi connectivity index (χ4v) is 2.90. The van der Waals surface area contributed by atoms with Crippen molar-refractivity contribution >= 4 is 46.9 Å². The maximum Gasteiger partial charge on any atom is 0.308 e. The Balaban J connectivity index is 1.95. The van der Waals surface area contributed by atoms with Crippen LogP contribution >= 0.6 is 12.2 Å². The molecule has 0 bridgehead atoms. The normalized spacial score (nSPS) is 15.4. The van der Waals surface area contributed by atoms with Crippen molar-refractivity contribution in [1.82, 2.24) is 5.32 Å². The monoisotopic (exact) mass is 396 g/mol. The van der Waals surface area contributed by atoms with E-state index in [1.54, 1.807) is 48.5 Å². The van der Waals surface area contributed by atoms with Gasteiger partial charge in [0.25, 0.3) is 11.8 Å². The van der Waals surface area contributed by atoms with Gasteiger partial charge in [0.15, 0.2) is 5.11 Å². The van der Waals surface area contributed by atoms with Crippen LogP contribution in [0.4, 0.5) is 5.69 Å². The number of rotatable bonds is 4. The topological polar surface area (TPSA) is 84.9 Å². The summed E-state index contributed by atoms with van der Waals surface area (Å²) in [6, 6.07) is 13.2. The van der Waals surface area contributed by atoms with Crippen LogP contribution < -0.4 is 19.7 Å². The van der Waals surface area contributed by atoms with E-state index < -0.39 is 17.8 Å². The largest absolute Gasteiger partial charge is 0.497 e. The number of ether oxygens (including phenoxy) is 2. The number of anilines is 1. The van der Waals surface area contributed by atoms with E-state index in [4.69, 9.17) is 21.7 Å². The first-order chi connectivity index (χ1) is 13.4. The second kappa shape index (κ2) is 8.01. The van der Waals surface area contributed by atoms with E-state index in [0.717, 1.165) is 0 Å². The lowest BCUT2D eigenvalue weighted by Gasteiger charge is -2.29. The third-order valence-electron chi connectivity index (χ3n) is 3.86. The number of nitrogens with zero attached hydrogens (tertiary/aromatic N) is 1. The minimum atomic E-state index is -0.599. The van der Waals surface area contributed by atoms with Gasteiger partial charge in [0.1, 0.15) is 17.1 Å². The predicted molar refractivity (Wildman–Crippen MR) is 107 cm³/mol. The van der Waals surface area contributed by atoms with Gasteiger partial charge in [-0.1, -0.05) is 12.1 Å². The van der Waals surface area contributed by atoms with Crippen molar-refractivity contribution in [3.63, 3.8) is 0 Å². The summed E-state index contributed by atoms with van der Waals surface area (Å²) >= 11 is 5.17. The van der Waals surface area contributed by atoms with Gasteiger partial charge in [-0.05, 0) is 60.3 Å². The molecule has 7 nitrogen and oxygen atoms in total. The molecule has 0 atom stereocenters. The molecule has 2 aromatic carbocycles. The van der Waals surface area contributed by atoms with Crippen LogP contribution in [0.15, 0.2) is 54.1 Å². The molecule has 3 rings (SSSR count). The zero-order valence-electron chi connectivity index (χ0n) is 15.1. The molecule has 1 N–H and O–H groups in total. The number of hydrogen-bond acceptors (Lipinski definition) is 6. The van der Waals surface area contributed by atoms with Gasteiger partial charge >= 0.3 is 5.97 Å². The second-order valence-corrected chi connectivity index (χ2v) is 6.21. The molecule has 0 aromatic heterocycles. The summed E-state index contributed by atoms with van der Waals surface area (Å²) in [6.07, 6.45) is 1.42. The number of hydrogen-bond donors (Lipinski definition) is 1. The van der Waals surface area contributed by atoms with E-state index in [1.165, 1.54) is 25.0 Å². The maximum absolute atomic E-state index is 13.0. The summed E-state index contributed by atoms with van der Waals surface area (Å²) < 4.78 is 10.1. The molecule has 0 saturated carbocycles. The molecule has 1 heterocycles. The van der Waals surface area contributed by atoms with Crippen LogP contribution in [0.25, 0.3) is 6.08 Å². The SMILES string of the molecule is COc1ccc(N2C(=O)/C(=C\c3cccc(OC(C)=O)c3)C(=O)NC2=S)cc1. The second-order valence-electron chi connectivity index (χ2n) is 5.82. The Morgan fingerprint density at radius 1 is 1.11 bits per heavy atom. The predicted octanol–water partition coefficient (Wildman–Crippen LogP) is 2.45. The summed E-state index contributed by atoms with van der Waals surface area (Å²) in [5.41, 5.74) is 0.930. The Morgan fingerprint density at radius 3 is 2.46 bits per heavy atom. The van der Waals surface area contributed by atoms with Crippen molar-refractivity contribution in [3.05, 3.63) is 59.7 Å². The fraction of sp³-hybridized carbons (Fsp3) is 0.100. The van der Waals surface area contributed by atoms with Crippen molar-refractivity contribution in [2.45, 2.75) is 6.92 Å². The Bertz CT molecular complexity index is 998. The lowest BCUT2D eigenvalue weighted by molar-refractivity contribution is -0.132. The number of carbonyl (C=O) groups excluding carboxylic acids is 3. The molecular weight excluding hydrogens is 380 g/mol. The molecule has 0 aliphatic carbocycles. The Hall–Kier alpha value is -3.52. The quantitative estimate of drug-likeness (QED) is 0.281. The molecule has 1 fully saturated rings. The molecule has 2 amide bonds. The van der Waals surface area contributed by atoms with Crippen LogP contribution in [-0.4, -0.2) is 30.0 Å². The molecule has 1 aliphatic rings. The van der Waals surface area contributed by atoms with Crippen molar-refractivity contribution < 1.29 is 23.9 Å². The Labute approximate surface area is 166 Å². The van der Waals surface area contributed by atoms with Gasteiger partial charge in [0, 0.05) is 6.92 Å². The summed E-state index contributed by atoms with van der Waals surface area (Å²) in [6.45, 7) is 1.29. The number of nitrogens with one attached hydrogen (secondary N) is 1. The van der Waals surface area contributed by atoms with Crippen molar-refractivity contribution in [2.75, 3.05) is 12.0 Å². The van der Waals surface area contributed by atoms with E-state index in [9.17, 15) is 14.4 Å². The van der Waals surface area contributed by atoms with Gasteiger partial charge in [-0.2, -0.15) is 0 Å². The third kappa shape index (κ3) is 4.07. The van der Waals surface area contributed by atoms with Gasteiger partial charge < -0.3 is 9.47 Å². The van der Waals surface area contributed by atoms with E-state index in [0.29, 0.717) is 22.7 Å². The molecule has 0 spiro atoms. The van der Waals surface area contributed by atoms with Gasteiger partial charge in [0.05, 0.1) is 12.8 Å². The van der Waals surface area contributed by atoms with Crippen LogP contribution in [0.1, 0.15) is 12.5 Å². The molecule has 1 aliphatic heterocycles. The maximum atomic E-state index is 13.0. The van der Waals surface area contributed by atoms with Gasteiger partial charge in [-0.25, -0.2) is 0 Å². The highest BCUT2D eigenvalue weighted by atomic mass is 32.1. The lowest BCUT2D eigenvalue weighted by Crippen LogP contribution is -2.54. The zero-order valence-corrected chi connectivity index (χ0v) is 15.9. The van der Waals surface area contributed by atoms with Crippen LogP contribution in [-0.2, 0) is 14.4 Å². The number of esters is 1.